The predicted molar refractivity (Wildman–Crippen MR) is 76.6 cm³/mol. The molecule has 2 aromatic rings. The summed E-state index contributed by atoms with van der Waals surface area (Å²) in [5.74, 6) is 0. The lowest BCUT2D eigenvalue weighted by Gasteiger charge is -2.04. The van der Waals surface area contributed by atoms with E-state index in [4.69, 9.17) is 0 Å². The van der Waals surface area contributed by atoms with Crippen molar-refractivity contribution in [2.45, 2.75) is 32.2 Å². The van der Waals surface area contributed by atoms with E-state index in [-0.39, 0.29) is 0 Å². The van der Waals surface area contributed by atoms with Gasteiger partial charge in [0.2, 0.25) is 0 Å². The summed E-state index contributed by atoms with van der Waals surface area (Å²) in [5.41, 5.74) is 4.24. The predicted octanol–water partition coefficient (Wildman–Crippen LogP) is 3.76. The fourth-order valence-corrected chi connectivity index (χ4v) is 2.71. The van der Waals surface area contributed by atoms with Gasteiger partial charge in [-0.25, -0.2) is 0 Å². The highest BCUT2D eigenvalue weighted by molar-refractivity contribution is 5.82. The van der Waals surface area contributed by atoms with Gasteiger partial charge >= 0.3 is 0 Å². The molecule has 0 spiro atoms. The molecule has 0 fully saturated rings. The fourth-order valence-electron chi connectivity index (χ4n) is 2.71. The summed E-state index contributed by atoms with van der Waals surface area (Å²) in [4.78, 5) is 3.32. The maximum atomic E-state index is 3.55. The van der Waals surface area contributed by atoms with Crippen LogP contribution in [0.15, 0.2) is 42.1 Å². The Balaban J connectivity index is 1.53. The van der Waals surface area contributed by atoms with Gasteiger partial charge in [-0.05, 0) is 43.9 Å². The van der Waals surface area contributed by atoms with Crippen molar-refractivity contribution in [3.05, 3.63) is 47.7 Å². The van der Waals surface area contributed by atoms with Crippen molar-refractivity contribution < 1.29 is 0 Å². The molecule has 0 unspecified atom stereocenters. The Morgan fingerprint density at radius 3 is 3.06 bits per heavy atom. The van der Waals surface area contributed by atoms with Gasteiger partial charge < -0.3 is 10.3 Å². The van der Waals surface area contributed by atoms with Crippen LogP contribution < -0.4 is 5.32 Å². The van der Waals surface area contributed by atoms with Crippen molar-refractivity contribution in [3.63, 3.8) is 0 Å². The number of rotatable bonds is 5. The molecule has 1 aliphatic rings. The molecular weight excluding hydrogens is 220 g/mol. The minimum atomic E-state index is 0.956. The summed E-state index contributed by atoms with van der Waals surface area (Å²) in [6.07, 6.45) is 9.70. The maximum absolute atomic E-state index is 3.55. The van der Waals surface area contributed by atoms with E-state index in [0.717, 1.165) is 13.1 Å². The Morgan fingerprint density at radius 1 is 1.22 bits per heavy atom. The normalized spacial score (nSPS) is 15.2. The van der Waals surface area contributed by atoms with Gasteiger partial charge in [0.1, 0.15) is 0 Å². The number of allylic oxidation sites excluding steroid dienone is 1. The molecule has 0 aliphatic heterocycles. The molecule has 0 radical (unpaired) electrons. The van der Waals surface area contributed by atoms with Crippen molar-refractivity contribution in [3.8, 4) is 0 Å². The molecule has 3 rings (SSSR count). The molecular formula is C16H20N2. The van der Waals surface area contributed by atoms with E-state index >= 15 is 0 Å². The lowest BCUT2D eigenvalue weighted by molar-refractivity contribution is 0.678. The van der Waals surface area contributed by atoms with Crippen LogP contribution in [0.1, 0.15) is 31.2 Å². The van der Waals surface area contributed by atoms with E-state index < -0.39 is 0 Å². The number of fused-ring (bicyclic) bond motifs is 1. The lowest BCUT2D eigenvalue weighted by atomic mass is 10.1. The first-order chi connectivity index (χ1) is 8.93. The molecule has 2 N–H and O–H groups in total. The van der Waals surface area contributed by atoms with Gasteiger partial charge in [0.15, 0.2) is 0 Å². The number of hydrogen-bond acceptors (Lipinski definition) is 1. The summed E-state index contributed by atoms with van der Waals surface area (Å²) >= 11 is 0. The molecule has 0 bridgehead atoms. The topological polar surface area (TPSA) is 27.8 Å². The van der Waals surface area contributed by atoms with Crippen molar-refractivity contribution in [2.75, 3.05) is 6.54 Å². The van der Waals surface area contributed by atoms with Crippen molar-refractivity contribution in [1.29, 1.82) is 0 Å². The molecule has 18 heavy (non-hydrogen) atoms. The smallest absolute Gasteiger partial charge is 0.0457 e. The third-order valence-electron chi connectivity index (χ3n) is 3.75. The van der Waals surface area contributed by atoms with Crippen LogP contribution in [0, 0.1) is 0 Å². The Morgan fingerprint density at radius 2 is 2.17 bits per heavy atom. The third-order valence-corrected chi connectivity index (χ3v) is 3.75. The van der Waals surface area contributed by atoms with Crippen LogP contribution in [0.25, 0.3) is 10.9 Å². The number of aromatic nitrogens is 1. The number of nitrogens with one attached hydrogen (secondary N) is 2. The van der Waals surface area contributed by atoms with E-state index in [1.807, 2.05) is 0 Å². The van der Waals surface area contributed by atoms with Gasteiger partial charge in [-0.2, -0.15) is 0 Å². The Labute approximate surface area is 108 Å². The van der Waals surface area contributed by atoms with Gasteiger partial charge in [0, 0.05) is 23.6 Å². The second kappa shape index (κ2) is 5.40. The first-order valence-electron chi connectivity index (χ1n) is 6.87. The quantitative estimate of drug-likeness (QED) is 0.604. The standard InChI is InChI=1S/C16H20N2/c1-2-6-13(5-1)9-10-17-11-14-12-18-16-8-4-3-7-15(14)16/h3-5,7-8,12,17-18H,1-2,6,9-11H2. The van der Waals surface area contributed by atoms with E-state index in [2.05, 4.69) is 46.8 Å². The number of benzene rings is 1. The molecule has 0 saturated carbocycles. The first-order valence-corrected chi connectivity index (χ1v) is 6.87. The molecule has 1 aromatic carbocycles. The van der Waals surface area contributed by atoms with Gasteiger partial charge in [-0.3, -0.25) is 0 Å². The third kappa shape index (κ3) is 2.49. The summed E-state index contributed by atoms with van der Waals surface area (Å²) in [7, 11) is 0. The van der Waals surface area contributed by atoms with Crippen molar-refractivity contribution >= 4 is 10.9 Å². The summed E-state index contributed by atoms with van der Waals surface area (Å²) in [6, 6.07) is 8.48. The molecule has 0 atom stereocenters. The van der Waals surface area contributed by atoms with Crippen LogP contribution in [0.4, 0.5) is 0 Å². The zero-order chi connectivity index (χ0) is 12.2. The fraction of sp³-hybridized carbons (Fsp3) is 0.375. The highest BCUT2D eigenvalue weighted by Gasteiger charge is 2.05. The summed E-state index contributed by atoms with van der Waals surface area (Å²) in [5, 5.41) is 4.88. The molecule has 0 saturated heterocycles. The number of para-hydroxylation sites is 1. The molecule has 94 valence electrons. The van der Waals surface area contributed by atoms with Crippen molar-refractivity contribution in [1.82, 2.24) is 10.3 Å². The van der Waals surface area contributed by atoms with E-state index in [0.29, 0.717) is 0 Å². The minimum Gasteiger partial charge on any atom is -0.361 e. The summed E-state index contributed by atoms with van der Waals surface area (Å²) < 4.78 is 0. The van der Waals surface area contributed by atoms with Gasteiger partial charge in [-0.1, -0.05) is 29.8 Å². The van der Waals surface area contributed by atoms with E-state index in [9.17, 15) is 0 Å². The second-order valence-electron chi connectivity index (χ2n) is 5.04. The lowest BCUT2D eigenvalue weighted by Crippen LogP contribution is -2.14. The average Bonchev–Trinajstić information content (AvgIpc) is 3.04. The molecule has 1 aromatic heterocycles. The van der Waals surface area contributed by atoms with Gasteiger partial charge in [0.05, 0.1) is 0 Å². The number of aromatic amines is 1. The van der Waals surface area contributed by atoms with Crippen LogP contribution in [-0.2, 0) is 6.54 Å². The monoisotopic (exact) mass is 240 g/mol. The highest BCUT2D eigenvalue weighted by atomic mass is 14.9. The minimum absolute atomic E-state index is 0.956. The van der Waals surface area contributed by atoms with Crippen LogP contribution in [0.3, 0.4) is 0 Å². The van der Waals surface area contributed by atoms with E-state index in [1.165, 1.54) is 42.1 Å². The molecule has 0 amide bonds. The largest absolute Gasteiger partial charge is 0.361 e. The number of hydrogen-bond donors (Lipinski definition) is 2. The SMILES string of the molecule is C1=C(CCNCc2c[nH]c3ccccc23)CCC1. The van der Waals surface area contributed by atoms with Crippen LogP contribution in [0.5, 0.6) is 0 Å². The van der Waals surface area contributed by atoms with Gasteiger partial charge in [-0.15, -0.1) is 0 Å². The Hall–Kier alpha value is -1.54. The Bertz CT molecular complexity index is 551. The van der Waals surface area contributed by atoms with E-state index in [1.54, 1.807) is 5.57 Å². The second-order valence-corrected chi connectivity index (χ2v) is 5.04. The highest BCUT2D eigenvalue weighted by Crippen LogP contribution is 2.20. The zero-order valence-corrected chi connectivity index (χ0v) is 10.7. The molecule has 2 heteroatoms. The van der Waals surface area contributed by atoms with Crippen LogP contribution >= 0.6 is 0 Å². The van der Waals surface area contributed by atoms with Crippen LogP contribution in [-0.4, -0.2) is 11.5 Å². The maximum Gasteiger partial charge on any atom is 0.0457 e. The average molecular weight is 240 g/mol. The Kier molecular flexibility index (Phi) is 3.47. The zero-order valence-electron chi connectivity index (χ0n) is 10.7. The number of H-pyrrole nitrogens is 1. The van der Waals surface area contributed by atoms with Gasteiger partial charge in [0.25, 0.3) is 0 Å². The molecule has 1 heterocycles. The first kappa shape index (κ1) is 11.5. The molecule has 2 nitrogen and oxygen atoms in total. The molecule has 1 aliphatic carbocycles. The van der Waals surface area contributed by atoms with Crippen molar-refractivity contribution in [2.24, 2.45) is 0 Å². The van der Waals surface area contributed by atoms with Crippen LogP contribution in [0.2, 0.25) is 0 Å². The summed E-state index contributed by atoms with van der Waals surface area (Å²) in [6.45, 7) is 2.04.